The summed E-state index contributed by atoms with van der Waals surface area (Å²) in [6.07, 6.45) is 5.13. The largest absolute Gasteiger partial charge is 0.346 e. The van der Waals surface area contributed by atoms with Gasteiger partial charge in [-0.1, -0.05) is 5.21 Å². The Morgan fingerprint density at radius 1 is 1.12 bits per heavy atom. The normalized spacial score (nSPS) is 10.8. The van der Waals surface area contributed by atoms with Crippen LogP contribution in [0.25, 0.3) is 16.7 Å². The topological polar surface area (TPSA) is 98.5 Å². The van der Waals surface area contributed by atoms with Crippen LogP contribution >= 0.6 is 11.7 Å². The highest BCUT2D eigenvalue weighted by molar-refractivity contribution is 7.00. The van der Waals surface area contributed by atoms with E-state index in [0.717, 1.165) is 28.4 Å². The van der Waals surface area contributed by atoms with E-state index in [0.29, 0.717) is 11.3 Å². The fourth-order valence-corrected chi connectivity index (χ4v) is 2.72. The number of nitrogens with one attached hydrogen (secondary N) is 1. The third kappa shape index (κ3) is 2.84. The van der Waals surface area contributed by atoms with Gasteiger partial charge in [0.15, 0.2) is 0 Å². The molecule has 0 saturated carbocycles. The Hall–Kier alpha value is -3.20. The maximum absolute atomic E-state index is 12.2. The molecule has 0 saturated heterocycles. The van der Waals surface area contributed by atoms with E-state index in [-0.39, 0.29) is 12.5 Å². The molecule has 8 nitrogen and oxygen atoms in total. The molecule has 1 N–H and O–H groups in total. The van der Waals surface area contributed by atoms with Crippen molar-refractivity contribution in [3.8, 4) is 5.69 Å². The number of carbonyl (C=O) groups is 1. The summed E-state index contributed by atoms with van der Waals surface area (Å²) in [6, 6.07) is 8.89. The maximum atomic E-state index is 12.2. The zero-order chi connectivity index (χ0) is 16.4. The van der Waals surface area contributed by atoms with Crippen LogP contribution in [0.15, 0.2) is 48.9 Å². The van der Waals surface area contributed by atoms with Crippen molar-refractivity contribution < 1.29 is 4.79 Å². The lowest BCUT2D eigenvalue weighted by Crippen LogP contribution is -2.22. The van der Waals surface area contributed by atoms with Crippen molar-refractivity contribution in [2.24, 2.45) is 0 Å². The Morgan fingerprint density at radius 2 is 1.96 bits per heavy atom. The Labute approximate surface area is 140 Å². The van der Waals surface area contributed by atoms with Gasteiger partial charge in [0.2, 0.25) is 0 Å². The number of rotatable bonds is 4. The molecule has 4 aromatic rings. The standard InChI is InChI=1S/C15H11N7OS/c23-15(10-1-2-13-14(7-10)20-24-19-13)17-8-11-9-22(21-18-11)12-3-5-16-6-4-12/h1-7,9H,8H2,(H,17,23). The van der Waals surface area contributed by atoms with Crippen molar-refractivity contribution >= 4 is 28.7 Å². The second-order valence-electron chi connectivity index (χ2n) is 5.01. The zero-order valence-corrected chi connectivity index (χ0v) is 13.1. The number of benzene rings is 1. The lowest BCUT2D eigenvalue weighted by atomic mass is 10.2. The monoisotopic (exact) mass is 337 g/mol. The highest BCUT2D eigenvalue weighted by Crippen LogP contribution is 2.13. The predicted molar refractivity (Wildman–Crippen MR) is 87.7 cm³/mol. The van der Waals surface area contributed by atoms with E-state index in [4.69, 9.17) is 0 Å². The molecule has 0 aliphatic heterocycles. The van der Waals surface area contributed by atoms with Gasteiger partial charge in [0, 0.05) is 18.0 Å². The van der Waals surface area contributed by atoms with Gasteiger partial charge < -0.3 is 5.32 Å². The van der Waals surface area contributed by atoms with E-state index >= 15 is 0 Å². The van der Waals surface area contributed by atoms with Crippen molar-refractivity contribution in [1.82, 2.24) is 34.0 Å². The van der Waals surface area contributed by atoms with E-state index in [1.807, 2.05) is 12.1 Å². The van der Waals surface area contributed by atoms with E-state index in [2.05, 4.69) is 29.4 Å². The molecule has 0 aliphatic rings. The maximum Gasteiger partial charge on any atom is 0.251 e. The SMILES string of the molecule is O=C(NCc1cn(-c2ccncc2)nn1)c1ccc2nsnc2c1. The summed E-state index contributed by atoms with van der Waals surface area (Å²) in [7, 11) is 0. The third-order valence-electron chi connectivity index (χ3n) is 3.41. The van der Waals surface area contributed by atoms with E-state index < -0.39 is 0 Å². The van der Waals surface area contributed by atoms with Gasteiger partial charge in [-0.15, -0.1) is 5.10 Å². The molecular weight excluding hydrogens is 326 g/mol. The molecule has 0 aliphatic carbocycles. The fraction of sp³-hybridized carbons (Fsp3) is 0.0667. The van der Waals surface area contributed by atoms with Gasteiger partial charge in [-0.2, -0.15) is 8.75 Å². The van der Waals surface area contributed by atoms with Crippen LogP contribution in [-0.2, 0) is 6.54 Å². The molecule has 24 heavy (non-hydrogen) atoms. The molecule has 4 rings (SSSR count). The van der Waals surface area contributed by atoms with Crippen LogP contribution in [-0.4, -0.2) is 34.6 Å². The van der Waals surface area contributed by atoms with E-state index in [1.54, 1.807) is 41.5 Å². The molecule has 0 spiro atoms. The van der Waals surface area contributed by atoms with Crippen LogP contribution in [0.2, 0.25) is 0 Å². The van der Waals surface area contributed by atoms with Crippen LogP contribution < -0.4 is 5.32 Å². The molecule has 0 fully saturated rings. The van der Waals surface area contributed by atoms with Crippen molar-refractivity contribution in [3.05, 3.63) is 60.2 Å². The average molecular weight is 337 g/mol. The molecule has 0 bridgehead atoms. The van der Waals surface area contributed by atoms with Gasteiger partial charge in [-0.3, -0.25) is 9.78 Å². The van der Waals surface area contributed by atoms with Crippen LogP contribution in [0.1, 0.15) is 16.1 Å². The van der Waals surface area contributed by atoms with Gasteiger partial charge in [0.05, 0.1) is 30.2 Å². The number of hydrogen-bond donors (Lipinski definition) is 1. The highest BCUT2D eigenvalue weighted by atomic mass is 32.1. The molecule has 9 heteroatoms. The number of fused-ring (bicyclic) bond motifs is 1. The van der Waals surface area contributed by atoms with Gasteiger partial charge >= 0.3 is 0 Å². The summed E-state index contributed by atoms with van der Waals surface area (Å²) in [4.78, 5) is 16.2. The smallest absolute Gasteiger partial charge is 0.251 e. The first-order valence-electron chi connectivity index (χ1n) is 7.12. The first kappa shape index (κ1) is 14.4. The molecule has 1 amide bonds. The minimum atomic E-state index is -0.191. The van der Waals surface area contributed by atoms with Crippen molar-refractivity contribution in [1.29, 1.82) is 0 Å². The minimum Gasteiger partial charge on any atom is -0.346 e. The second-order valence-corrected chi connectivity index (χ2v) is 5.54. The summed E-state index contributed by atoms with van der Waals surface area (Å²) >= 11 is 1.13. The van der Waals surface area contributed by atoms with Crippen LogP contribution in [0.3, 0.4) is 0 Å². The van der Waals surface area contributed by atoms with Crippen molar-refractivity contribution in [2.45, 2.75) is 6.54 Å². The lowest BCUT2D eigenvalue weighted by Gasteiger charge is -2.02. The van der Waals surface area contributed by atoms with Crippen molar-refractivity contribution in [3.63, 3.8) is 0 Å². The van der Waals surface area contributed by atoms with Gasteiger partial charge in [-0.25, -0.2) is 4.68 Å². The number of amides is 1. The molecule has 0 radical (unpaired) electrons. The summed E-state index contributed by atoms with van der Waals surface area (Å²) in [5.74, 6) is -0.191. The zero-order valence-electron chi connectivity index (χ0n) is 12.3. The number of carbonyl (C=O) groups excluding carboxylic acids is 1. The molecule has 0 unspecified atom stereocenters. The van der Waals surface area contributed by atoms with Crippen LogP contribution in [0.5, 0.6) is 0 Å². The lowest BCUT2D eigenvalue weighted by molar-refractivity contribution is 0.0950. The van der Waals surface area contributed by atoms with Gasteiger partial charge in [0.1, 0.15) is 16.7 Å². The Morgan fingerprint density at radius 3 is 2.83 bits per heavy atom. The summed E-state index contributed by atoms with van der Waals surface area (Å²) in [5.41, 5.74) is 3.57. The quantitative estimate of drug-likeness (QED) is 0.607. The van der Waals surface area contributed by atoms with Crippen LogP contribution in [0.4, 0.5) is 0 Å². The fourth-order valence-electron chi connectivity index (χ4n) is 2.20. The molecule has 118 valence electrons. The Balaban J connectivity index is 1.45. The van der Waals surface area contributed by atoms with Gasteiger partial charge in [-0.05, 0) is 30.3 Å². The van der Waals surface area contributed by atoms with E-state index in [1.165, 1.54) is 0 Å². The average Bonchev–Trinajstić information content (AvgIpc) is 3.29. The van der Waals surface area contributed by atoms with Crippen LogP contribution in [0, 0.1) is 0 Å². The van der Waals surface area contributed by atoms with E-state index in [9.17, 15) is 4.79 Å². The first-order chi connectivity index (χ1) is 11.8. The third-order valence-corrected chi connectivity index (χ3v) is 3.97. The number of nitrogens with zero attached hydrogens (tertiary/aromatic N) is 6. The molecule has 3 aromatic heterocycles. The number of aromatic nitrogens is 6. The number of pyridine rings is 1. The molecule has 3 heterocycles. The minimum absolute atomic E-state index is 0.191. The second kappa shape index (κ2) is 6.13. The van der Waals surface area contributed by atoms with Crippen molar-refractivity contribution in [2.75, 3.05) is 0 Å². The molecule has 1 aromatic carbocycles. The Bertz CT molecular complexity index is 995. The number of hydrogen-bond acceptors (Lipinski definition) is 7. The predicted octanol–water partition coefficient (Wildman–Crippen LogP) is 1.60. The molecule has 0 atom stereocenters. The summed E-state index contributed by atoms with van der Waals surface area (Å²) in [5, 5.41) is 10.9. The highest BCUT2D eigenvalue weighted by Gasteiger charge is 2.09. The molecular formula is C15H11N7OS. The van der Waals surface area contributed by atoms with Gasteiger partial charge in [0.25, 0.3) is 5.91 Å². The Kier molecular flexibility index (Phi) is 3.67. The summed E-state index contributed by atoms with van der Waals surface area (Å²) in [6.45, 7) is 0.289. The summed E-state index contributed by atoms with van der Waals surface area (Å²) < 4.78 is 9.89. The first-order valence-corrected chi connectivity index (χ1v) is 7.85.